The standard InChI is InChI=1S/C30H31N3O10S.Na/c1-17(2)14-22(23(28(36)32-39)16-33-29(37)20-6-3-4-7-21(20)30(33)38)27(35)31-24(26(34)25-8-5-13-43-25)15-18-9-11-19(12-10-18)44(40,41)42;/h3-13,17,22-24,39H,14-16H2,1-2H3,(H,31,35)(H,32,36)(H,40,41,42);/q;+1/p-1/t22-,23?,24+;/m1./s1. The van der Waals surface area contributed by atoms with E-state index in [9.17, 15) is 42.2 Å². The molecular weight excluding hydrogens is 617 g/mol. The van der Waals surface area contributed by atoms with E-state index in [4.69, 9.17) is 4.42 Å². The summed E-state index contributed by atoms with van der Waals surface area (Å²) in [6.45, 7) is 3.05. The van der Waals surface area contributed by atoms with E-state index in [-0.39, 0.29) is 65.2 Å². The Balaban J connectivity index is 0.00000552. The number of Topliss-reactive ketones (excluding diaryl/α,β-unsaturated/α-hetero) is 1. The summed E-state index contributed by atoms with van der Waals surface area (Å²) < 4.78 is 39.2. The number of hydroxylamine groups is 1. The third kappa shape index (κ3) is 8.34. The van der Waals surface area contributed by atoms with Crippen LogP contribution in [0.3, 0.4) is 0 Å². The van der Waals surface area contributed by atoms with E-state index in [1.807, 2.05) is 0 Å². The number of carbonyl (C=O) groups is 5. The number of rotatable bonds is 13. The summed E-state index contributed by atoms with van der Waals surface area (Å²) >= 11 is 0. The second-order valence-corrected chi connectivity index (χ2v) is 12.2. The molecule has 2 aromatic carbocycles. The number of hydrogen-bond donors (Lipinski definition) is 3. The van der Waals surface area contributed by atoms with Crippen molar-refractivity contribution < 1.29 is 76.1 Å². The van der Waals surface area contributed by atoms with Gasteiger partial charge in [0, 0.05) is 13.0 Å². The quantitative estimate of drug-likeness (QED) is 0.0525. The Morgan fingerprint density at radius 3 is 2.00 bits per heavy atom. The maximum absolute atomic E-state index is 13.9. The summed E-state index contributed by atoms with van der Waals surface area (Å²) in [6, 6.07) is 12.5. The molecule has 1 aliphatic rings. The van der Waals surface area contributed by atoms with Crippen LogP contribution in [0.4, 0.5) is 0 Å². The van der Waals surface area contributed by atoms with Gasteiger partial charge in [-0.3, -0.25) is 34.1 Å². The number of carbonyl (C=O) groups excluding carboxylic acids is 5. The van der Waals surface area contributed by atoms with E-state index in [0.29, 0.717) is 5.56 Å². The molecule has 0 spiro atoms. The summed E-state index contributed by atoms with van der Waals surface area (Å²) in [5.74, 6) is -6.59. The number of hydrogen-bond acceptors (Lipinski definition) is 10. The molecule has 3 atom stereocenters. The van der Waals surface area contributed by atoms with Gasteiger partial charge in [0.25, 0.3) is 11.8 Å². The van der Waals surface area contributed by atoms with Crippen LogP contribution in [-0.4, -0.2) is 65.1 Å². The Kier molecular flexibility index (Phi) is 12.0. The fourth-order valence-corrected chi connectivity index (χ4v) is 5.62. The molecule has 232 valence electrons. The largest absolute Gasteiger partial charge is 1.00 e. The molecule has 3 aromatic rings. The van der Waals surface area contributed by atoms with Gasteiger partial charge >= 0.3 is 29.6 Å². The van der Waals surface area contributed by atoms with Crippen molar-refractivity contribution in [2.24, 2.45) is 17.8 Å². The average molecular weight is 648 g/mol. The molecule has 0 saturated carbocycles. The third-order valence-corrected chi connectivity index (χ3v) is 8.15. The van der Waals surface area contributed by atoms with E-state index in [2.05, 4.69) is 5.32 Å². The number of benzene rings is 2. The molecule has 1 unspecified atom stereocenters. The number of fused-ring (bicyclic) bond motifs is 1. The van der Waals surface area contributed by atoms with Gasteiger partial charge in [0.2, 0.25) is 17.6 Å². The van der Waals surface area contributed by atoms with Gasteiger partial charge in [0.1, 0.15) is 10.1 Å². The van der Waals surface area contributed by atoms with Gasteiger partial charge in [-0.25, -0.2) is 13.9 Å². The number of ketones is 1. The second kappa shape index (κ2) is 15.1. The maximum Gasteiger partial charge on any atom is 1.00 e. The van der Waals surface area contributed by atoms with E-state index in [1.54, 1.807) is 26.0 Å². The maximum atomic E-state index is 13.9. The van der Waals surface area contributed by atoms with Crippen LogP contribution in [0.25, 0.3) is 0 Å². The van der Waals surface area contributed by atoms with Gasteiger partial charge in [-0.15, -0.1) is 0 Å². The van der Waals surface area contributed by atoms with Crippen molar-refractivity contribution in [1.82, 2.24) is 15.7 Å². The molecule has 0 radical (unpaired) electrons. The molecule has 2 heterocycles. The van der Waals surface area contributed by atoms with Gasteiger partial charge in [-0.1, -0.05) is 38.1 Å². The van der Waals surface area contributed by atoms with E-state index in [0.717, 1.165) is 17.0 Å². The predicted octanol–water partition coefficient (Wildman–Crippen LogP) is -0.822. The van der Waals surface area contributed by atoms with Crippen molar-refractivity contribution in [3.05, 3.63) is 89.4 Å². The van der Waals surface area contributed by atoms with E-state index < -0.39 is 68.8 Å². The molecule has 0 aliphatic carbocycles. The minimum atomic E-state index is -4.71. The van der Waals surface area contributed by atoms with Gasteiger partial charge < -0.3 is 14.3 Å². The van der Waals surface area contributed by atoms with Gasteiger partial charge in [0.15, 0.2) is 5.76 Å². The van der Waals surface area contributed by atoms with Crippen LogP contribution < -0.4 is 40.4 Å². The topological polar surface area (TPSA) is 203 Å². The first-order chi connectivity index (χ1) is 20.8. The third-order valence-electron chi connectivity index (χ3n) is 7.30. The van der Waals surface area contributed by atoms with Crippen molar-refractivity contribution in [2.75, 3.05) is 6.54 Å². The molecule has 0 saturated heterocycles. The monoisotopic (exact) mass is 647 g/mol. The fraction of sp³-hybridized carbons (Fsp3) is 0.300. The average Bonchev–Trinajstić information content (AvgIpc) is 3.61. The Morgan fingerprint density at radius 1 is 0.911 bits per heavy atom. The first-order valence-electron chi connectivity index (χ1n) is 13.6. The molecule has 0 bridgehead atoms. The van der Waals surface area contributed by atoms with Crippen LogP contribution in [0, 0.1) is 17.8 Å². The number of nitrogens with one attached hydrogen (secondary N) is 2. The fourth-order valence-electron chi connectivity index (χ4n) is 5.15. The van der Waals surface area contributed by atoms with E-state index >= 15 is 0 Å². The molecular formula is C30H30N3NaO10S. The Labute approximate surface area is 281 Å². The van der Waals surface area contributed by atoms with Gasteiger partial charge in [-0.2, -0.15) is 0 Å². The minimum absolute atomic E-state index is 0. The number of nitrogens with zero attached hydrogens (tertiary/aromatic N) is 1. The smallest absolute Gasteiger partial charge is 0.744 e. The van der Waals surface area contributed by atoms with Crippen molar-refractivity contribution in [2.45, 2.75) is 37.6 Å². The normalized spacial score (nSPS) is 14.7. The summed E-state index contributed by atoms with van der Waals surface area (Å²) in [5.41, 5.74) is 2.22. The van der Waals surface area contributed by atoms with Crippen molar-refractivity contribution >= 4 is 39.5 Å². The Bertz CT molecular complexity index is 1640. The molecule has 15 heteroatoms. The van der Waals surface area contributed by atoms with Crippen LogP contribution in [-0.2, 0) is 26.1 Å². The zero-order valence-electron chi connectivity index (χ0n) is 24.8. The zero-order valence-corrected chi connectivity index (χ0v) is 27.6. The summed E-state index contributed by atoms with van der Waals surface area (Å²) in [6.07, 6.45) is 1.20. The van der Waals surface area contributed by atoms with Crippen LogP contribution in [0.2, 0.25) is 0 Å². The number of furan rings is 1. The summed E-state index contributed by atoms with van der Waals surface area (Å²) in [7, 11) is -4.71. The van der Waals surface area contributed by atoms with Crippen LogP contribution in [0.15, 0.2) is 76.2 Å². The predicted molar refractivity (Wildman–Crippen MR) is 151 cm³/mol. The van der Waals surface area contributed by atoms with Gasteiger partial charge in [-0.05, 0) is 54.3 Å². The van der Waals surface area contributed by atoms with Crippen molar-refractivity contribution in [3.63, 3.8) is 0 Å². The van der Waals surface area contributed by atoms with E-state index in [1.165, 1.54) is 48.1 Å². The van der Waals surface area contributed by atoms with Crippen LogP contribution >= 0.6 is 0 Å². The van der Waals surface area contributed by atoms with Gasteiger partial charge in [0.05, 0.1) is 40.2 Å². The number of imide groups is 1. The molecule has 1 aliphatic heterocycles. The molecule has 4 rings (SSSR count). The Morgan fingerprint density at radius 2 is 1.51 bits per heavy atom. The van der Waals surface area contributed by atoms with Crippen LogP contribution in [0.1, 0.15) is 57.1 Å². The molecule has 1 aromatic heterocycles. The molecule has 4 amide bonds. The Hall–Kier alpha value is -3.66. The summed E-state index contributed by atoms with van der Waals surface area (Å²) in [4.78, 5) is 66.8. The second-order valence-electron chi connectivity index (χ2n) is 10.8. The zero-order chi connectivity index (χ0) is 32.2. The number of amides is 4. The SMILES string of the molecule is CC(C)C[C@@H](C(=O)N[C@@H](Cc1ccc(S(=O)(=O)[O-])cc1)C(=O)c1ccco1)C(CN1C(=O)c2ccccc2C1=O)C(=O)NO.[Na+]. The molecule has 45 heavy (non-hydrogen) atoms. The summed E-state index contributed by atoms with van der Waals surface area (Å²) in [5, 5.41) is 12.2. The molecule has 13 nitrogen and oxygen atoms in total. The first-order valence-corrected chi connectivity index (χ1v) is 15.0. The minimum Gasteiger partial charge on any atom is -0.744 e. The van der Waals surface area contributed by atoms with Crippen LogP contribution in [0.5, 0.6) is 0 Å². The molecule has 3 N–H and O–H groups in total. The van der Waals surface area contributed by atoms with Crippen molar-refractivity contribution in [3.8, 4) is 0 Å². The van der Waals surface area contributed by atoms with Crippen molar-refractivity contribution in [1.29, 1.82) is 0 Å². The molecule has 0 fully saturated rings. The first kappa shape index (κ1) is 35.8.